The topological polar surface area (TPSA) is 81.4 Å². The number of amides is 2. The first-order valence-corrected chi connectivity index (χ1v) is 10.8. The highest BCUT2D eigenvalue weighted by Crippen LogP contribution is 2.44. The summed E-state index contributed by atoms with van der Waals surface area (Å²) >= 11 is 1.48. The number of primary amides is 1. The van der Waals surface area contributed by atoms with Gasteiger partial charge in [-0.05, 0) is 73.3 Å². The highest BCUT2D eigenvalue weighted by molar-refractivity contribution is 7.17. The van der Waals surface area contributed by atoms with Gasteiger partial charge in [0, 0.05) is 4.88 Å². The van der Waals surface area contributed by atoms with Crippen LogP contribution in [0.1, 0.15) is 59.1 Å². The average molecular weight is 415 g/mol. The predicted molar refractivity (Wildman–Crippen MR) is 118 cm³/mol. The largest absolute Gasteiger partial charge is 0.484 e. The van der Waals surface area contributed by atoms with Crippen molar-refractivity contribution in [1.29, 1.82) is 0 Å². The number of thiophene rings is 1. The lowest BCUT2D eigenvalue weighted by Gasteiger charge is -2.33. The molecule has 0 radical (unpaired) electrons. The van der Waals surface area contributed by atoms with E-state index in [2.05, 4.69) is 26.1 Å². The molecular formula is C23H30N2O3S. The standard InChI is InChI=1S/C23H30N2O3S/c1-13-8-14(2)10-16(9-13)28-12-19(26)25-22-20(21(24)27)17-7-6-15(23(3,4)5)11-18(17)29-22/h8-10,15H,6-7,11-12H2,1-5H3,(H2,24,27)(H,25,26)/t15-/m0/s1. The molecule has 5 nitrogen and oxygen atoms in total. The molecule has 1 heterocycles. The zero-order chi connectivity index (χ0) is 21.3. The molecule has 2 amide bonds. The van der Waals surface area contributed by atoms with E-state index in [0.717, 1.165) is 40.8 Å². The molecule has 1 aromatic heterocycles. The Morgan fingerprint density at radius 3 is 2.45 bits per heavy atom. The van der Waals surface area contributed by atoms with E-state index in [-0.39, 0.29) is 17.9 Å². The molecule has 0 aliphatic heterocycles. The fraction of sp³-hybridized carbons (Fsp3) is 0.478. The summed E-state index contributed by atoms with van der Waals surface area (Å²) in [5, 5.41) is 3.40. The molecule has 6 heteroatoms. The summed E-state index contributed by atoms with van der Waals surface area (Å²) in [6.07, 6.45) is 2.76. The Hall–Kier alpha value is -2.34. The van der Waals surface area contributed by atoms with Crippen molar-refractivity contribution in [2.75, 3.05) is 11.9 Å². The molecule has 156 valence electrons. The third-order valence-electron chi connectivity index (χ3n) is 5.55. The molecule has 1 aromatic carbocycles. The monoisotopic (exact) mass is 414 g/mol. The van der Waals surface area contributed by atoms with Crippen LogP contribution in [-0.4, -0.2) is 18.4 Å². The van der Waals surface area contributed by atoms with Gasteiger partial charge in [-0.3, -0.25) is 9.59 Å². The lowest BCUT2D eigenvalue weighted by atomic mass is 9.72. The van der Waals surface area contributed by atoms with Crippen LogP contribution in [0.25, 0.3) is 0 Å². The fourth-order valence-corrected chi connectivity index (χ4v) is 5.35. The lowest BCUT2D eigenvalue weighted by molar-refractivity contribution is -0.118. The number of aryl methyl sites for hydroxylation is 2. The minimum absolute atomic E-state index is 0.117. The molecule has 0 unspecified atom stereocenters. The molecule has 0 saturated heterocycles. The fourth-order valence-electron chi connectivity index (χ4n) is 4.00. The van der Waals surface area contributed by atoms with Gasteiger partial charge in [0.15, 0.2) is 6.61 Å². The van der Waals surface area contributed by atoms with Crippen molar-refractivity contribution in [2.24, 2.45) is 17.1 Å². The Balaban J connectivity index is 1.74. The second kappa shape index (κ2) is 8.19. The van der Waals surface area contributed by atoms with E-state index in [4.69, 9.17) is 10.5 Å². The molecule has 0 fully saturated rings. The summed E-state index contributed by atoms with van der Waals surface area (Å²) in [5.74, 6) is 0.428. The smallest absolute Gasteiger partial charge is 0.262 e. The maximum atomic E-state index is 12.5. The van der Waals surface area contributed by atoms with Gasteiger partial charge < -0.3 is 15.8 Å². The second-order valence-corrected chi connectivity index (χ2v) is 10.1. The highest BCUT2D eigenvalue weighted by atomic mass is 32.1. The number of nitrogens with two attached hydrogens (primary N) is 1. The number of rotatable bonds is 5. The van der Waals surface area contributed by atoms with Crippen LogP contribution in [0.2, 0.25) is 0 Å². The Kier molecular flexibility index (Phi) is 6.03. The first kappa shape index (κ1) is 21.4. The van der Waals surface area contributed by atoms with E-state index in [1.165, 1.54) is 11.3 Å². The highest BCUT2D eigenvalue weighted by Gasteiger charge is 2.33. The van der Waals surface area contributed by atoms with E-state index < -0.39 is 5.91 Å². The maximum Gasteiger partial charge on any atom is 0.262 e. The van der Waals surface area contributed by atoms with E-state index in [9.17, 15) is 9.59 Å². The van der Waals surface area contributed by atoms with Crippen molar-refractivity contribution in [1.82, 2.24) is 0 Å². The Morgan fingerprint density at radius 2 is 1.86 bits per heavy atom. The van der Waals surface area contributed by atoms with Gasteiger partial charge in [-0.1, -0.05) is 26.8 Å². The van der Waals surface area contributed by atoms with Gasteiger partial charge in [-0.15, -0.1) is 11.3 Å². The predicted octanol–water partition coefficient (Wildman–Crippen LogP) is 4.63. The van der Waals surface area contributed by atoms with Crippen LogP contribution >= 0.6 is 11.3 Å². The van der Waals surface area contributed by atoms with Crippen molar-refractivity contribution in [2.45, 2.75) is 53.9 Å². The van der Waals surface area contributed by atoms with E-state index in [1.807, 2.05) is 32.0 Å². The van der Waals surface area contributed by atoms with E-state index >= 15 is 0 Å². The number of carbonyl (C=O) groups excluding carboxylic acids is 2. The van der Waals surface area contributed by atoms with Gasteiger partial charge in [-0.25, -0.2) is 0 Å². The quantitative estimate of drug-likeness (QED) is 0.748. The molecule has 0 bridgehead atoms. The minimum atomic E-state index is -0.484. The molecule has 1 aliphatic rings. The first-order valence-electron chi connectivity index (χ1n) is 10.00. The average Bonchev–Trinajstić information content (AvgIpc) is 2.95. The third-order valence-corrected chi connectivity index (χ3v) is 6.72. The zero-order valence-electron chi connectivity index (χ0n) is 17.8. The van der Waals surface area contributed by atoms with Crippen LogP contribution in [0.3, 0.4) is 0 Å². The maximum absolute atomic E-state index is 12.5. The van der Waals surface area contributed by atoms with Crippen molar-refractivity contribution in [3.8, 4) is 5.75 Å². The van der Waals surface area contributed by atoms with Crippen LogP contribution in [0, 0.1) is 25.2 Å². The van der Waals surface area contributed by atoms with Crippen LogP contribution in [0.5, 0.6) is 5.75 Å². The number of benzene rings is 1. The third kappa shape index (κ3) is 4.99. The number of carbonyl (C=O) groups is 2. The molecule has 0 spiro atoms. The lowest BCUT2D eigenvalue weighted by Crippen LogP contribution is -2.27. The van der Waals surface area contributed by atoms with Crippen molar-refractivity contribution in [3.05, 3.63) is 45.3 Å². The zero-order valence-corrected chi connectivity index (χ0v) is 18.7. The van der Waals surface area contributed by atoms with E-state index in [1.54, 1.807) is 0 Å². The number of anilines is 1. The van der Waals surface area contributed by atoms with E-state index in [0.29, 0.717) is 22.2 Å². The summed E-state index contributed by atoms with van der Waals surface area (Å²) in [7, 11) is 0. The first-order chi connectivity index (χ1) is 13.5. The van der Waals surface area contributed by atoms with Crippen molar-refractivity contribution in [3.63, 3.8) is 0 Å². The molecule has 2 aromatic rings. The molecule has 1 atom stereocenters. The molecule has 3 rings (SSSR count). The number of hydrogen-bond donors (Lipinski definition) is 2. The summed E-state index contributed by atoms with van der Waals surface area (Å²) in [4.78, 5) is 25.8. The second-order valence-electron chi connectivity index (χ2n) is 9.04. The van der Waals surface area contributed by atoms with Gasteiger partial charge in [0.1, 0.15) is 10.8 Å². The summed E-state index contributed by atoms with van der Waals surface area (Å²) in [5.41, 5.74) is 9.51. The van der Waals surface area contributed by atoms with Gasteiger partial charge in [0.05, 0.1) is 5.56 Å². The minimum Gasteiger partial charge on any atom is -0.484 e. The summed E-state index contributed by atoms with van der Waals surface area (Å²) in [6, 6.07) is 5.84. The molecular weight excluding hydrogens is 384 g/mol. The van der Waals surface area contributed by atoms with Gasteiger partial charge in [0.2, 0.25) is 0 Å². The van der Waals surface area contributed by atoms with Crippen LogP contribution in [0.4, 0.5) is 5.00 Å². The van der Waals surface area contributed by atoms with Crippen LogP contribution in [0.15, 0.2) is 18.2 Å². The van der Waals surface area contributed by atoms with Gasteiger partial charge in [-0.2, -0.15) is 0 Å². The number of hydrogen-bond acceptors (Lipinski definition) is 4. The van der Waals surface area contributed by atoms with Gasteiger partial charge >= 0.3 is 0 Å². The molecule has 3 N–H and O–H groups in total. The van der Waals surface area contributed by atoms with Crippen LogP contribution < -0.4 is 15.8 Å². The number of ether oxygens (including phenoxy) is 1. The van der Waals surface area contributed by atoms with Crippen molar-refractivity contribution >= 4 is 28.2 Å². The van der Waals surface area contributed by atoms with Crippen LogP contribution in [-0.2, 0) is 17.6 Å². The van der Waals surface area contributed by atoms with Gasteiger partial charge in [0.25, 0.3) is 11.8 Å². The summed E-state index contributed by atoms with van der Waals surface area (Å²) < 4.78 is 5.64. The normalized spacial score (nSPS) is 16.2. The SMILES string of the molecule is Cc1cc(C)cc(OCC(=O)Nc2sc3c(c2C(N)=O)CC[C@H](C(C)(C)C)C3)c1. The number of nitrogens with one attached hydrogen (secondary N) is 1. The Morgan fingerprint density at radius 1 is 1.21 bits per heavy atom. The Bertz CT molecular complexity index is 920. The van der Waals surface area contributed by atoms with Crippen molar-refractivity contribution < 1.29 is 14.3 Å². The summed E-state index contributed by atoms with van der Waals surface area (Å²) in [6.45, 7) is 10.6. The molecule has 0 saturated carbocycles. The molecule has 1 aliphatic carbocycles. The Labute approximate surface area is 176 Å². The molecule has 29 heavy (non-hydrogen) atoms. The number of fused-ring (bicyclic) bond motifs is 1.